The molecule has 1 N–H and O–H groups in total. The second-order valence-corrected chi connectivity index (χ2v) is 5.84. The number of alkyl halides is 3. The van der Waals surface area contributed by atoms with Gasteiger partial charge in [0.2, 0.25) is 0 Å². The standard InChI is InChI=1S/C14H12F3NO3S/c1-18-13-5-3-2-4-12(13)10-6-8-11(9-7-10)21-22(19,20)14(15,16)17/h2-9,18H,1H3. The molecule has 8 heteroatoms. The highest BCUT2D eigenvalue weighted by Gasteiger charge is 2.48. The highest BCUT2D eigenvalue weighted by molar-refractivity contribution is 7.88. The first kappa shape index (κ1) is 16.2. The van der Waals surface area contributed by atoms with Crippen molar-refractivity contribution in [2.24, 2.45) is 0 Å². The predicted octanol–water partition coefficient (Wildman–Crippen LogP) is 3.62. The van der Waals surface area contributed by atoms with Crippen LogP contribution in [0, 0.1) is 0 Å². The molecule has 0 aliphatic heterocycles. The Morgan fingerprint density at radius 2 is 1.59 bits per heavy atom. The van der Waals surface area contributed by atoms with Crippen molar-refractivity contribution in [1.29, 1.82) is 0 Å². The van der Waals surface area contributed by atoms with E-state index in [1.807, 2.05) is 24.3 Å². The number of anilines is 1. The Labute approximate surface area is 125 Å². The predicted molar refractivity (Wildman–Crippen MR) is 77.0 cm³/mol. The van der Waals surface area contributed by atoms with Crippen molar-refractivity contribution in [3.05, 3.63) is 48.5 Å². The first-order valence-electron chi connectivity index (χ1n) is 6.12. The van der Waals surface area contributed by atoms with Crippen LogP contribution in [0.3, 0.4) is 0 Å². The lowest BCUT2D eigenvalue weighted by Crippen LogP contribution is -2.28. The van der Waals surface area contributed by atoms with Crippen molar-refractivity contribution < 1.29 is 25.8 Å². The van der Waals surface area contributed by atoms with Crippen LogP contribution in [0.4, 0.5) is 18.9 Å². The Balaban J connectivity index is 2.28. The number of hydrogen-bond acceptors (Lipinski definition) is 4. The van der Waals surface area contributed by atoms with Gasteiger partial charge in [0.15, 0.2) is 0 Å². The van der Waals surface area contributed by atoms with Crippen LogP contribution in [-0.4, -0.2) is 21.0 Å². The maximum absolute atomic E-state index is 12.2. The summed E-state index contributed by atoms with van der Waals surface area (Å²) in [5.41, 5.74) is -3.08. The normalized spacial score (nSPS) is 12.0. The van der Waals surface area contributed by atoms with Gasteiger partial charge in [-0.3, -0.25) is 0 Å². The van der Waals surface area contributed by atoms with Crippen molar-refractivity contribution in [2.45, 2.75) is 5.51 Å². The largest absolute Gasteiger partial charge is 0.534 e. The zero-order valence-electron chi connectivity index (χ0n) is 11.4. The maximum atomic E-state index is 12.2. The molecule has 0 amide bonds. The van der Waals surface area contributed by atoms with Crippen LogP contribution in [-0.2, 0) is 10.1 Å². The molecule has 2 rings (SSSR count). The zero-order chi connectivity index (χ0) is 16.4. The van der Waals surface area contributed by atoms with E-state index < -0.39 is 21.4 Å². The molecule has 0 heterocycles. The average molecular weight is 331 g/mol. The topological polar surface area (TPSA) is 55.4 Å². The molecule has 0 spiro atoms. The quantitative estimate of drug-likeness (QED) is 0.687. The Morgan fingerprint density at radius 1 is 1.00 bits per heavy atom. The molecule has 0 radical (unpaired) electrons. The van der Waals surface area contributed by atoms with Crippen molar-refractivity contribution in [3.63, 3.8) is 0 Å². The molecule has 0 saturated carbocycles. The molecule has 118 valence electrons. The first-order chi connectivity index (χ1) is 10.2. The number of hydrogen-bond donors (Lipinski definition) is 1. The van der Waals surface area contributed by atoms with Gasteiger partial charge in [-0.05, 0) is 23.8 Å². The van der Waals surface area contributed by atoms with Crippen molar-refractivity contribution in [2.75, 3.05) is 12.4 Å². The summed E-state index contributed by atoms with van der Waals surface area (Å²) in [7, 11) is -3.91. The molecule has 0 saturated heterocycles. The summed E-state index contributed by atoms with van der Waals surface area (Å²) in [6.45, 7) is 0. The van der Waals surface area contributed by atoms with Gasteiger partial charge in [0.25, 0.3) is 0 Å². The van der Waals surface area contributed by atoms with Crippen LogP contribution in [0.15, 0.2) is 48.5 Å². The molecule has 0 atom stereocenters. The monoisotopic (exact) mass is 331 g/mol. The Bertz CT molecular complexity index is 756. The van der Waals surface area contributed by atoms with Crippen LogP contribution in [0.5, 0.6) is 5.75 Å². The first-order valence-corrected chi connectivity index (χ1v) is 7.53. The Morgan fingerprint density at radius 3 is 2.14 bits per heavy atom. The fraction of sp³-hybridized carbons (Fsp3) is 0.143. The lowest BCUT2D eigenvalue weighted by atomic mass is 10.0. The fourth-order valence-electron chi connectivity index (χ4n) is 1.82. The molecule has 2 aromatic rings. The molecule has 0 unspecified atom stereocenters. The number of rotatable bonds is 4. The average Bonchev–Trinajstić information content (AvgIpc) is 2.46. The van der Waals surface area contributed by atoms with E-state index in [9.17, 15) is 21.6 Å². The Hall–Kier alpha value is -2.22. The molecule has 22 heavy (non-hydrogen) atoms. The summed E-state index contributed by atoms with van der Waals surface area (Å²) in [6, 6.07) is 12.6. The molecule has 0 bridgehead atoms. The van der Waals surface area contributed by atoms with Crippen LogP contribution >= 0.6 is 0 Å². The van der Waals surface area contributed by atoms with Gasteiger partial charge in [-0.15, -0.1) is 0 Å². The van der Waals surface area contributed by atoms with Crippen molar-refractivity contribution in [3.8, 4) is 16.9 Å². The number of nitrogens with one attached hydrogen (secondary N) is 1. The van der Waals surface area contributed by atoms with Gasteiger partial charge in [-0.1, -0.05) is 30.3 Å². The maximum Gasteiger partial charge on any atom is 0.534 e. The summed E-state index contributed by atoms with van der Waals surface area (Å²) in [4.78, 5) is 0. The SMILES string of the molecule is CNc1ccccc1-c1ccc(OS(=O)(=O)C(F)(F)F)cc1. The minimum atomic E-state index is -5.65. The van der Waals surface area contributed by atoms with E-state index in [-0.39, 0.29) is 0 Å². The van der Waals surface area contributed by atoms with Crippen molar-refractivity contribution in [1.82, 2.24) is 0 Å². The van der Waals surface area contributed by atoms with E-state index in [4.69, 9.17) is 0 Å². The van der Waals surface area contributed by atoms with Gasteiger partial charge >= 0.3 is 15.6 Å². The summed E-state index contributed by atoms with van der Waals surface area (Å²) >= 11 is 0. The molecular formula is C14H12F3NO3S. The van der Waals surface area contributed by atoms with Crippen LogP contribution in [0.25, 0.3) is 11.1 Å². The zero-order valence-corrected chi connectivity index (χ0v) is 12.2. The molecule has 2 aromatic carbocycles. The van der Waals surface area contributed by atoms with Gasteiger partial charge < -0.3 is 9.50 Å². The Kier molecular flexibility index (Phi) is 4.32. The van der Waals surface area contributed by atoms with Gasteiger partial charge in [0.05, 0.1) is 0 Å². The highest BCUT2D eigenvalue weighted by Crippen LogP contribution is 2.31. The van der Waals surface area contributed by atoms with Crippen LogP contribution in [0.1, 0.15) is 0 Å². The second kappa shape index (κ2) is 5.88. The summed E-state index contributed by atoms with van der Waals surface area (Å²) in [6.07, 6.45) is 0. The fourth-order valence-corrected chi connectivity index (χ4v) is 2.28. The lowest BCUT2D eigenvalue weighted by Gasteiger charge is -2.11. The van der Waals surface area contributed by atoms with E-state index in [1.165, 1.54) is 24.3 Å². The minimum Gasteiger partial charge on any atom is -0.388 e. The third-order valence-corrected chi connectivity index (χ3v) is 3.83. The number of benzene rings is 2. The number of para-hydroxylation sites is 1. The van der Waals surface area contributed by atoms with E-state index >= 15 is 0 Å². The second-order valence-electron chi connectivity index (χ2n) is 4.30. The molecule has 0 aliphatic carbocycles. The minimum absolute atomic E-state index is 0.400. The van der Waals surface area contributed by atoms with Gasteiger partial charge in [-0.2, -0.15) is 21.6 Å². The molecule has 0 aromatic heterocycles. The molecule has 0 fully saturated rings. The van der Waals surface area contributed by atoms with E-state index in [1.54, 1.807) is 7.05 Å². The van der Waals surface area contributed by atoms with Crippen molar-refractivity contribution >= 4 is 15.8 Å². The summed E-state index contributed by atoms with van der Waals surface area (Å²) in [5.74, 6) is -0.400. The molecule has 4 nitrogen and oxygen atoms in total. The molecular weight excluding hydrogens is 319 g/mol. The van der Waals surface area contributed by atoms with E-state index in [0.717, 1.165) is 11.3 Å². The van der Waals surface area contributed by atoms with Gasteiger partial charge in [0.1, 0.15) is 5.75 Å². The molecule has 0 aliphatic rings. The lowest BCUT2D eigenvalue weighted by molar-refractivity contribution is -0.0500. The van der Waals surface area contributed by atoms with Gasteiger partial charge in [-0.25, -0.2) is 0 Å². The van der Waals surface area contributed by atoms with Crippen LogP contribution in [0.2, 0.25) is 0 Å². The van der Waals surface area contributed by atoms with Crippen LogP contribution < -0.4 is 9.50 Å². The van der Waals surface area contributed by atoms with Gasteiger partial charge in [0, 0.05) is 18.3 Å². The number of halogens is 3. The smallest absolute Gasteiger partial charge is 0.388 e. The summed E-state index contributed by atoms with van der Waals surface area (Å²) < 4.78 is 62.6. The third kappa shape index (κ3) is 3.33. The van der Waals surface area contributed by atoms with E-state index in [2.05, 4.69) is 9.50 Å². The third-order valence-electron chi connectivity index (χ3n) is 2.85. The summed E-state index contributed by atoms with van der Waals surface area (Å²) in [5, 5.41) is 2.99. The van der Waals surface area contributed by atoms with E-state index in [0.29, 0.717) is 5.56 Å². The highest BCUT2D eigenvalue weighted by atomic mass is 32.2.